The molecule has 2 amide bonds. The first-order valence-electron chi connectivity index (χ1n) is 7.51. The largest absolute Gasteiger partial charge is 0.452 e. The zero-order valence-electron chi connectivity index (χ0n) is 13.8. The molecule has 1 aromatic carbocycles. The summed E-state index contributed by atoms with van der Waals surface area (Å²) in [5.74, 6) is -2.50. The van der Waals surface area contributed by atoms with Crippen LogP contribution in [0.25, 0.3) is 0 Å². The van der Waals surface area contributed by atoms with E-state index < -0.39 is 35.8 Å². The lowest BCUT2D eigenvalue weighted by molar-refractivity contribution is -0.136. The standard InChI is InChI=1S/C17H16FN3O5/c1-21(9-14(22)20-12-6-4-11(18)5-7-12)15(23)10-26-17(25)13-3-2-8-19-16(13)24/h2-8H,9-10H2,1H3,(H,19,24)(H,20,22). The predicted octanol–water partition coefficient (Wildman–Crippen LogP) is 0.768. The van der Waals surface area contributed by atoms with Gasteiger partial charge in [-0.05, 0) is 36.4 Å². The van der Waals surface area contributed by atoms with E-state index in [0.717, 1.165) is 4.90 Å². The summed E-state index contributed by atoms with van der Waals surface area (Å²) < 4.78 is 17.6. The number of hydrogen-bond donors (Lipinski definition) is 2. The van der Waals surface area contributed by atoms with Crippen LogP contribution in [0.3, 0.4) is 0 Å². The highest BCUT2D eigenvalue weighted by Gasteiger charge is 2.17. The summed E-state index contributed by atoms with van der Waals surface area (Å²) in [4.78, 5) is 50.4. The fourth-order valence-electron chi connectivity index (χ4n) is 1.93. The highest BCUT2D eigenvalue weighted by atomic mass is 19.1. The van der Waals surface area contributed by atoms with Crippen molar-refractivity contribution in [3.8, 4) is 0 Å². The normalized spacial score (nSPS) is 10.1. The molecular formula is C17H16FN3O5. The number of aromatic nitrogens is 1. The van der Waals surface area contributed by atoms with Crippen molar-refractivity contribution in [2.45, 2.75) is 0 Å². The van der Waals surface area contributed by atoms with Gasteiger partial charge in [0.25, 0.3) is 11.5 Å². The number of esters is 1. The molecule has 1 aromatic heterocycles. The third kappa shape index (κ3) is 5.26. The quantitative estimate of drug-likeness (QED) is 0.739. The highest BCUT2D eigenvalue weighted by Crippen LogP contribution is 2.08. The molecule has 0 saturated carbocycles. The number of aromatic amines is 1. The number of halogens is 1. The Morgan fingerprint density at radius 3 is 2.54 bits per heavy atom. The first-order valence-corrected chi connectivity index (χ1v) is 7.51. The molecule has 0 atom stereocenters. The molecule has 2 rings (SSSR count). The van der Waals surface area contributed by atoms with Crippen LogP contribution in [0.15, 0.2) is 47.4 Å². The van der Waals surface area contributed by atoms with Crippen LogP contribution in [0.2, 0.25) is 0 Å². The molecule has 0 bridgehead atoms. The Bertz CT molecular complexity index is 863. The van der Waals surface area contributed by atoms with Crippen LogP contribution in [0, 0.1) is 5.82 Å². The van der Waals surface area contributed by atoms with Crippen molar-refractivity contribution < 1.29 is 23.5 Å². The summed E-state index contributed by atoms with van der Waals surface area (Å²) in [7, 11) is 1.36. The van der Waals surface area contributed by atoms with Crippen LogP contribution in [0.5, 0.6) is 0 Å². The number of carbonyl (C=O) groups excluding carboxylic acids is 3. The Hall–Kier alpha value is -3.49. The van der Waals surface area contributed by atoms with Crippen molar-refractivity contribution in [2.24, 2.45) is 0 Å². The summed E-state index contributed by atoms with van der Waals surface area (Å²) in [6, 6.07) is 7.87. The van der Waals surface area contributed by atoms with E-state index in [0.29, 0.717) is 5.69 Å². The van der Waals surface area contributed by atoms with Crippen LogP contribution in [-0.2, 0) is 14.3 Å². The maximum absolute atomic E-state index is 12.8. The summed E-state index contributed by atoms with van der Waals surface area (Å²) >= 11 is 0. The number of benzene rings is 1. The molecular weight excluding hydrogens is 345 g/mol. The number of rotatable bonds is 6. The summed E-state index contributed by atoms with van der Waals surface area (Å²) in [5.41, 5.74) is -0.471. The predicted molar refractivity (Wildman–Crippen MR) is 90.0 cm³/mol. The molecule has 0 fully saturated rings. The van der Waals surface area contributed by atoms with Crippen LogP contribution < -0.4 is 10.9 Å². The molecule has 26 heavy (non-hydrogen) atoms. The van der Waals surface area contributed by atoms with E-state index in [1.54, 1.807) is 0 Å². The zero-order chi connectivity index (χ0) is 19.1. The van der Waals surface area contributed by atoms with Crippen LogP contribution in [-0.4, -0.2) is 47.9 Å². The van der Waals surface area contributed by atoms with Gasteiger partial charge in [-0.2, -0.15) is 0 Å². The lowest BCUT2D eigenvalue weighted by atomic mass is 10.3. The van der Waals surface area contributed by atoms with Gasteiger partial charge in [0.15, 0.2) is 6.61 Å². The second-order valence-corrected chi connectivity index (χ2v) is 5.29. The molecule has 2 N–H and O–H groups in total. The molecule has 0 aliphatic rings. The third-order valence-electron chi connectivity index (χ3n) is 3.30. The number of hydrogen-bond acceptors (Lipinski definition) is 5. The lowest BCUT2D eigenvalue weighted by Gasteiger charge is -2.16. The minimum Gasteiger partial charge on any atom is -0.452 e. The number of nitrogens with one attached hydrogen (secondary N) is 2. The monoisotopic (exact) mass is 361 g/mol. The summed E-state index contributed by atoms with van der Waals surface area (Å²) in [6.45, 7) is -0.910. The van der Waals surface area contributed by atoms with E-state index in [1.807, 2.05) is 0 Å². The van der Waals surface area contributed by atoms with Crippen molar-refractivity contribution in [1.82, 2.24) is 9.88 Å². The fraction of sp³-hybridized carbons (Fsp3) is 0.176. The number of H-pyrrole nitrogens is 1. The van der Waals surface area contributed by atoms with Gasteiger partial charge in [-0.1, -0.05) is 0 Å². The molecule has 0 aliphatic heterocycles. The van der Waals surface area contributed by atoms with Crippen LogP contribution in [0.4, 0.5) is 10.1 Å². The maximum Gasteiger partial charge on any atom is 0.344 e. The Kier molecular flexibility index (Phi) is 6.20. The smallest absolute Gasteiger partial charge is 0.344 e. The van der Waals surface area contributed by atoms with Crippen molar-refractivity contribution in [3.05, 3.63) is 64.3 Å². The minimum absolute atomic E-state index is 0.225. The van der Waals surface area contributed by atoms with E-state index in [1.165, 1.54) is 49.6 Å². The molecule has 9 heteroatoms. The molecule has 0 aliphatic carbocycles. The molecule has 136 valence electrons. The molecule has 0 unspecified atom stereocenters. The number of ether oxygens (including phenoxy) is 1. The van der Waals surface area contributed by atoms with Crippen molar-refractivity contribution >= 4 is 23.5 Å². The minimum atomic E-state index is -0.940. The molecule has 1 heterocycles. The molecule has 0 saturated heterocycles. The van der Waals surface area contributed by atoms with E-state index in [9.17, 15) is 23.6 Å². The van der Waals surface area contributed by atoms with Crippen molar-refractivity contribution in [3.63, 3.8) is 0 Å². The number of nitrogens with zero attached hydrogens (tertiary/aromatic N) is 1. The zero-order valence-corrected chi connectivity index (χ0v) is 13.8. The lowest BCUT2D eigenvalue weighted by Crippen LogP contribution is -2.37. The summed E-state index contributed by atoms with van der Waals surface area (Å²) in [5, 5.41) is 2.50. The maximum atomic E-state index is 12.8. The van der Waals surface area contributed by atoms with Crippen LogP contribution in [0.1, 0.15) is 10.4 Å². The van der Waals surface area contributed by atoms with Gasteiger partial charge in [0, 0.05) is 18.9 Å². The Morgan fingerprint density at radius 1 is 1.19 bits per heavy atom. The Balaban J connectivity index is 1.82. The Labute approximate surface area is 147 Å². The van der Waals surface area contributed by atoms with Gasteiger partial charge in [0.05, 0.1) is 6.54 Å². The fourth-order valence-corrected chi connectivity index (χ4v) is 1.93. The van der Waals surface area contributed by atoms with E-state index >= 15 is 0 Å². The van der Waals surface area contributed by atoms with Crippen molar-refractivity contribution in [1.29, 1.82) is 0 Å². The van der Waals surface area contributed by atoms with Crippen LogP contribution >= 0.6 is 0 Å². The first kappa shape index (κ1) is 18.8. The van der Waals surface area contributed by atoms with Gasteiger partial charge in [0.2, 0.25) is 5.91 Å². The van der Waals surface area contributed by atoms with E-state index in [2.05, 4.69) is 10.3 Å². The Morgan fingerprint density at radius 2 is 1.88 bits per heavy atom. The van der Waals surface area contributed by atoms with Gasteiger partial charge in [-0.3, -0.25) is 14.4 Å². The molecule has 0 radical (unpaired) electrons. The number of pyridine rings is 1. The number of amides is 2. The van der Waals surface area contributed by atoms with Gasteiger partial charge in [-0.15, -0.1) is 0 Å². The van der Waals surface area contributed by atoms with Gasteiger partial charge < -0.3 is 19.9 Å². The summed E-state index contributed by atoms with van der Waals surface area (Å²) in [6.07, 6.45) is 1.36. The van der Waals surface area contributed by atoms with Gasteiger partial charge in [0.1, 0.15) is 11.4 Å². The second kappa shape index (κ2) is 8.56. The number of likely N-dealkylation sites (N-methyl/N-ethyl adjacent to an activating group) is 1. The van der Waals surface area contributed by atoms with Gasteiger partial charge >= 0.3 is 5.97 Å². The molecule has 0 spiro atoms. The SMILES string of the molecule is CN(CC(=O)Nc1ccc(F)cc1)C(=O)COC(=O)c1ccc[nH]c1=O. The second-order valence-electron chi connectivity index (χ2n) is 5.29. The highest BCUT2D eigenvalue weighted by molar-refractivity contribution is 5.95. The molecule has 8 nitrogen and oxygen atoms in total. The van der Waals surface area contributed by atoms with Crippen molar-refractivity contribution in [2.75, 3.05) is 25.5 Å². The van der Waals surface area contributed by atoms with Gasteiger partial charge in [-0.25, -0.2) is 9.18 Å². The molecule has 2 aromatic rings. The van der Waals surface area contributed by atoms with E-state index in [4.69, 9.17) is 4.74 Å². The topological polar surface area (TPSA) is 109 Å². The number of carbonyl (C=O) groups is 3. The third-order valence-corrected chi connectivity index (χ3v) is 3.30. The average Bonchev–Trinajstić information content (AvgIpc) is 2.61. The average molecular weight is 361 g/mol. The van der Waals surface area contributed by atoms with E-state index in [-0.39, 0.29) is 12.1 Å². The first-order chi connectivity index (χ1) is 12.4. The number of anilines is 1.